The first-order valence-corrected chi connectivity index (χ1v) is 1.83. The topological polar surface area (TPSA) is 48.8 Å². The average Bonchev–Trinajstić information content (AvgIpc) is 1.69. The van der Waals surface area contributed by atoms with E-state index in [1.807, 2.05) is 0 Å². The van der Waals surface area contributed by atoms with Gasteiger partial charge in [0.25, 0.3) is 0 Å². The summed E-state index contributed by atoms with van der Waals surface area (Å²) in [4.78, 5) is 6.62. The summed E-state index contributed by atoms with van der Waals surface area (Å²) >= 11 is 0. The van der Waals surface area contributed by atoms with Gasteiger partial charge < -0.3 is 5.11 Å². The van der Waals surface area contributed by atoms with Gasteiger partial charge in [-0.2, -0.15) is 0 Å². The van der Waals surface area contributed by atoms with Gasteiger partial charge in [0.05, 0.1) is 6.01 Å². The Hall–Kier alpha value is -0.120. The number of rotatable bonds is 0. The van der Waals surface area contributed by atoms with Crippen molar-refractivity contribution < 1.29 is 34.7 Å². The monoisotopic (exact) mass is 118 g/mol. The molecule has 3 nitrogen and oxygen atoms in total. The molecule has 0 saturated carbocycles. The molecule has 0 saturated heterocycles. The molecule has 0 aliphatic rings. The summed E-state index contributed by atoms with van der Waals surface area (Å²) in [5.74, 6) is 0. The third kappa shape index (κ3) is 2.26. The molecule has 8 heavy (non-hydrogen) atoms. The minimum atomic E-state index is -0.428. The molecule has 4 heteroatoms. The van der Waals surface area contributed by atoms with Crippen molar-refractivity contribution >= 4 is 0 Å². The van der Waals surface area contributed by atoms with Crippen LogP contribution in [-0.4, -0.2) is 9.97 Å². The minimum absolute atomic E-state index is 0. The Morgan fingerprint density at radius 3 is 2.00 bits per heavy atom. The maximum atomic E-state index is 10.0. The SMILES string of the molecule is [Na+].[O-]c1ncccn1. The number of aromatic nitrogens is 2. The maximum Gasteiger partial charge on any atom is 1.00 e. The average molecular weight is 118 g/mol. The summed E-state index contributed by atoms with van der Waals surface area (Å²) in [6.07, 6.45) is 2.82. The Bertz CT molecular complexity index is 144. The van der Waals surface area contributed by atoms with Gasteiger partial charge in [-0.3, -0.25) is 9.97 Å². The molecular formula is C4H3N2NaO. The molecule has 0 amide bonds. The molecule has 0 radical (unpaired) electrons. The van der Waals surface area contributed by atoms with E-state index < -0.39 is 6.01 Å². The zero-order chi connectivity index (χ0) is 5.11. The van der Waals surface area contributed by atoms with Crippen molar-refractivity contribution in [2.75, 3.05) is 0 Å². The van der Waals surface area contributed by atoms with E-state index in [0.717, 1.165) is 0 Å². The molecule has 1 aromatic rings. The van der Waals surface area contributed by atoms with Crippen LogP contribution in [0, 0.1) is 0 Å². The van der Waals surface area contributed by atoms with Crippen LogP contribution in [0.4, 0.5) is 0 Å². The van der Waals surface area contributed by atoms with Crippen molar-refractivity contribution in [3.05, 3.63) is 18.5 Å². The van der Waals surface area contributed by atoms with Crippen LogP contribution in [0.25, 0.3) is 0 Å². The molecule has 0 N–H and O–H groups in total. The van der Waals surface area contributed by atoms with E-state index in [2.05, 4.69) is 9.97 Å². The Kier molecular flexibility index (Phi) is 3.77. The van der Waals surface area contributed by atoms with Gasteiger partial charge in [-0.05, 0) is 6.07 Å². The van der Waals surface area contributed by atoms with Crippen molar-refractivity contribution in [3.8, 4) is 6.01 Å². The van der Waals surface area contributed by atoms with Crippen LogP contribution in [0.2, 0.25) is 0 Å². The van der Waals surface area contributed by atoms with Gasteiger partial charge in [0.15, 0.2) is 0 Å². The molecular weight excluding hydrogens is 115 g/mol. The summed E-state index contributed by atoms with van der Waals surface area (Å²) in [6.45, 7) is 0. The van der Waals surface area contributed by atoms with Crippen LogP contribution < -0.4 is 34.7 Å². The quantitative estimate of drug-likeness (QED) is 0.333. The third-order valence-corrected chi connectivity index (χ3v) is 0.542. The fourth-order valence-electron chi connectivity index (χ4n) is 0.285. The van der Waals surface area contributed by atoms with Gasteiger partial charge in [-0.25, -0.2) is 0 Å². The van der Waals surface area contributed by atoms with Crippen molar-refractivity contribution in [1.82, 2.24) is 9.97 Å². The second kappa shape index (κ2) is 3.83. The van der Waals surface area contributed by atoms with Crippen molar-refractivity contribution in [2.24, 2.45) is 0 Å². The fourth-order valence-corrected chi connectivity index (χ4v) is 0.285. The van der Waals surface area contributed by atoms with E-state index in [1.165, 1.54) is 12.4 Å². The molecule has 0 aromatic carbocycles. The fraction of sp³-hybridized carbons (Fsp3) is 0. The number of hydrogen-bond acceptors (Lipinski definition) is 3. The largest absolute Gasteiger partial charge is 1.00 e. The normalized spacial score (nSPS) is 7.50. The Labute approximate surface area is 69.1 Å². The molecule has 1 aromatic heterocycles. The van der Waals surface area contributed by atoms with E-state index in [1.54, 1.807) is 6.07 Å². The minimum Gasteiger partial charge on any atom is -0.844 e. The molecule has 1 heterocycles. The van der Waals surface area contributed by atoms with E-state index in [-0.39, 0.29) is 29.6 Å². The number of nitrogens with zero attached hydrogens (tertiary/aromatic N) is 2. The molecule has 0 spiro atoms. The third-order valence-electron chi connectivity index (χ3n) is 0.542. The van der Waals surface area contributed by atoms with Crippen LogP contribution in [0.15, 0.2) is 18.5 Å². The van der Waals surface area contributed by atoms with Crippen molar-refractivity contribution in [1.29, 1.82) is 0 Å². The molecule has 36 valence electrons. The second-order valence-electron chi connectivity index (χ2n) is 1.03. The second-order valence-corrected chi connectivity index (χ2v) is 1.03. The van der Waals surface area contributed by atoms with Crippen LogP contribution in [0.1, 0.15) is 0 Å². The summed E-state index contributed by atoms with van der Waals surface area (Å²) in [6, 6.07) is 1.17. The molecule has 1 rings (SSSR count). The van der Waals surface area contributed by atoms with Crippen molar-refractivity contribution in [2.45, 2.75) is 0 Å². The zero-order valence-corrected chi connectivity index (χ0v) is 6.53. The summed E-state index contributed by atoms with van der Waals surface area (Å²) < 4.78 is 0. The summed E-state index contributed by atoms with van der Waals surface area (Å²) in [5, 5.41) is 10.0. The maximum absolute atomic E-state index is 10.0. The van der Waals surface area contributed by atoms with Gasteiger partial charge in [0.1, 0.15) is 0 Å². The zero-order valence-electron chi connectivity index (χ0n) is 4.53. The smallest absolute Gasteiger partial charge is 0.844 e. The van der Waals surface area contributed by atoms with Gasteiger partial charge in [0, 0.05) is 12.4 Å². The Morgan fingerprint density at radius 1 is 1.25 bits per heavy atom. The van der Waals surface area contributed by atoms with Crippen molar-refractivity contribution in [3.63, 3.8) is 0 Å². The predicted molar refractivity (Wildman–Crippen MR) is 21.5 cm³/mol. The first kappa shape index (κ1) is 7.88. The van der Waals surface area contributed by atoms with Crippen LogP contribution >= 0.6 is 0 Å². The van der Waals surface area contributed by atoms with Crippen LogP contribution in [0.5, 0.6) is 6.01 Å². The molecule has 0 aliphatic carbocycles. The summed E-state index contributed by atoms with van der Waals surface area (Å²) in [7, 11) is 0. The van der Waals surface area contributed by atoms with Gasteiger partial charge in [0.2, 0.25) is 0 Å². The van der Waals surface area contributed by atoms with Gasteiger partial charge >= 0.3 is 29.6 Å². The van der Waals surface area contributed by atoms with Gasteiger partial charge in [-0.1, -0.05) is 0 Å². The predicted octanol–water partition coefficient (Wildman–Crippen LogP) is -3.45. The molecule has 0 fully saturated rings. The van der Waals surface area contributed by atoms with E-state index in [4.69, 9.17) is 0 Å². The van der Waals surface area contributed by atoms with E-state index in [0.29, 0.717) is 0 Å². The van der Waals surface area contributed by atoms with E-state index >= 15 is 0 Å². The first-order chi connectivity index (χ1) is 3.39. The molecule has 0 unspecified atom stereocenters. The standard InChI is InChI=1S/C4H4N2O.Na/c7-4-5-2-1-3-6-4;/h1-3H,(H,5,6,7);/q;+1/p-1. The van der Waals surface area contributed by atoms with Crippen LogP contribution in [0.3, 0.4) is 0 Å². The molecule has 0 atom stereocenters. The first-order valence-electron chi connectivity index (χ1n) is 1.83. The van der Waals surface area contributed by atoms with Crippen LogP contribution in [-0.2, 0) is 0 Å². The summed E-state index contributed by atoms with van der Waals surface area (Å²) in [5.41, 5.74) is 0. The molecule has 0 aliphatic heterocycles. The Balaban J connectivity index is 0.000000490. The molecule has 0 bridgehead atoms. The number of hydrogen-bond donors (Lipinski definition) is 0. The van der Waals surface area contributed by atoms with E-state index in [9.17, 15) is 5.11 Å². The van der Waals surface area contributed by atoms with Gasteiger partial charge in [-0.15, -0.1) is 0 Å². The Morgan fingerprint density at radius 2 is 1.75 bits per heavy atom.